The molecule has 0 saturated carbocycles. The molecule has 3 aromatic rings. The van der Waals surface area contributed by atoms with Crippen molar-refractivity contribution >= 4 is 39.6 Å². The number of hydrogen-bond donors (Lipinski definition) is 2. The van der Waals surface area contributed by atoms with Crippen molar-refractivity contribution in [2.75, 3.05) is 5.32 Å². The van der Waals surface area contributed by atoms with Crippen molar-refractivity contribution in [1.29, 1.82) is 5.26 Å². The first kappa shape index (κ1) is 23.8. The summed E-state index contributed by atoms with van der Waals surface area (Å²) < 4.78 is 6.46. The van der Waals surface area contributed by atoms with Crippen LogP contribution in [0.15, 0.2) is 70.7 Å². The number of rotatable bonds is 7. The Bertz CT molecular complexity index is 1270. The molecule has 2 N–H and O–H groups in total. The minimum Gasteiger partial charge on any atom is -0.488 e. The number of aromatic carboxylic acids is 1. The molecule has 3 aromatic carbocycles. The second kappa shape index (κ2) is 10.6. The van der Waals surface area contributed by atoms with Gasteiger partial charge in [-0.05, 0) is 82.9 Å². The van der Waals surface area contributed by atoms with Crippen LogP contribution in [0.3, 0.4) is 0 Å². The van der Waals surface area contributed by atoms with Gasteiger partial charge in [0.1, 0.15) is 24.0 Å². The van der Waals surface area contributed by atoms with E-state index in [0.29, 0.717) is 21.5 Å². The number of carbonyl (C=O) groups excluding carboxylic acids is 1. The third-order valence-electron chi connectivity index (χ3n) is 4.86. The summed E-state index contributed by atoms with van der Waals surface area (Å²) >= 11 is 3.45. The van der Waals surface area contributed by atoms with Gasteiger partial charge in [0, 0.05) is 5.69 Å². The quantitative estimate of drug-likeness (QED) is 0.308. The molecule has 0 unspecified atom stereocenters. The van der Waals surface area contributed by atoms with Crippen LogP contribution in [0.1, 0.15) is 32.6 Å². The number of carboxylic acid groups (broad SMARTS) is 1. The van der Waals surface area contributed by atoms with Crippen molar-refractivity contribution in [3.05, 3.63) is 98.5 Å². The van der Waals surface area contributed by atoms with Gasteiger partial charge in [0.25, 0.3) is 5.91 Å². The molecule has 0 atom stereocenters. The minimum atomic E-state index is -0.978. The second-order valence-electron chi connectivity index (χ2n) is 7.42. The lowest BCUT2D eigenvalue weighted by Gasteiger charge is -2.10. The van der Waals surface area contributed by atoms with Crippen LogP contribution in [-0.2, 0) is 11.4 Å². The third kappa shape index (κ3) is 6.31. The zero-order chi connectivity index (χ0) is 24.0. The molecule has 7 heteroatoms. The second-order valence-corrected chi connectivity index (χ2v) is 8.28. The maximum atomic E-state index is 12.6. The van der Waals surface area contributed by atoms with E-state index in [9.17, 15) is 14.9 Å². The molecule has 0 spiro atoms. The summed E-state index contributed by atoms with van der Waals surface area (Å²) in [6.07, 6.45) is 1.51. The van der Waals surface area contributed by atoms with Gasteiger partial charge in [-0.25, -0.2) is 4.79 Å². The number of ether oxygens (including phenoxy) is 1. The Hall–Kier alpha value is -3.89. The molecule has 0 fully saturated rings. The fourth-order valence-electron chi connectivity index (χ4n) is 3.09. The van der Waals surface area contributed by atoms with Gasteiger partial charge < -0.3 is 15.2 Å². The van der Waals surface area contributed by atoms with E-state index in [1.54, 1.807) is 30.3 Å². The van der Waals surface area contributed by atoms with Crippen molar-refractivity contribution in [3.63, 3.8) is 0 Å². The average molecular weight is 505 g/mol. The van der Waals surface area contributed by atoms with Crippen LogP contribution in [-0.4, -0.2) is 17.0 Å². The number of hydrogen-bond acceptors (Lipinski definition) is 4. The van der Waals surface area contributed by atoms with E-state index in [1.165, 1.54) is 18.2 Å². The summed E-state index contributed by atoms with van der Waals surface area (Å²) in [5.74, 6) is -0.883. The molecule has 0 aliphatic carbocycles. The molecule has 33 heavy (non-hydrogen) atoms. The molecule has 6 nitrogen and oxygen atoms in total. The summed E-state index contributed by atoms with van der Waals surface area (Å²) in [4.78, 5) is 23.5. The van der Waals surface area contributed by atoms with Gasteiger partial charge in [0.15, 0.2) is 0 Å². The highest BCUT2D eigenvalue weighted by atomic mass is 79.9. The number of carbonyl (C=O) groups is 2. The van der Waals surface area contributed by atoms with Crippen molar-refractivity contribution in [2.45, 2.75) is 20.5 Å². The van der Waals surface area contributed by atoms with E-state index >= 15 is 0 Å². The molecular weight excluding hydrogens is 484 g/mol. The van der Waals surface area contributed by atoms with Gasteiger partial charge in [-0.3, -0.25) is 4.79 Å². The molecule has 1 amide bonds. The highest BCUT2D eigenvalue weighted by molar-refractivity contribution is 9.10. The lowest BCUT2D eigenvalue weighted by atomic mass is 10.1. The third-order valence-corrected chi connectivity index (χ3v) is 5.48. The van der Waals surface area contributed by atoms with Crippen molar-refractivity contribution in [3.8, 4) is 11.8 Å². The van der Waals surface area contributed by atoms with E-state index in [4.69, 9.17) is 9.84 Å². The monoisotopic (exact) mass is 504 g/mol. The highest BCUT2D eigenvalue weighted by Gasteiger charge is 2.12. The number of benzene rings is 3. The Morgan fingerprint density at radius 3 is 2.42 bits per heavy atom. The number of amides is 1. The predicted octanol–water partition coefficient (Wildman–Crippen LogP) is 5.89. The molecule has 0 bridgehead atoms. The number of anilines is 1. The Morgan fingerprint density at radius 1 is 1.09 bits per heavy atom. The first-order valence-electron chi connectivity index (χ1n) is 10.0. The molecule has 166 valence electrons. The fraction of sp³-hybridized carbons (Fsp3) is 0.115. The van der Waals surface area contributed by atoms with E-state index in [-0.39, 0.29) is 17.7 Å². The normalized spacial score (nSPS) is 10.9. The molecule has 0 aromatic heterocycles. The van der Waals surface area contributed by atoms with E-state index in [1.807, 2.05) is 38.1 Å². The minimum absolute atomic E-state index is 0.0194. The molecule has 3 rings (SSSR count). The number of nitrogens with zero attached hydrogens (tertiary/aromatic N) is 1. The number of aryl methyl sites for hydroxylation is 2. The van der Waals surface area contributed by atoms with Gasteiger partial charge in [-0.15, -0.1) is 0 Å². The van der Waals surface area contributed by atoms with Crippen LogP contribution >= 0.6 is 15.9 Å². The summed E-state index contributed by atoms with van der Waals surface area (Å²) in [5.41, 5.74) is 4.35. The maximum absolute atomic E-state index is 12.6. The molecule has 0 saturated heterocycles. The molecule has 0 heterocycles. The average Bonchev–Trinajstić information content (AvgIpc) is 2.79. The predicted molar refractivity (Wildman–Crippen MR) is 130 cm³/mol. The van der Waals surface area contributed by atoms with Crippen LogP contribution < -0.4 is 10.1 Å². The van der Waals surface area contributed by atoms with Gasteiger partial charge in [0.05, 0.1) is 10.0 Å². The van der Waals surface area contributed by atoms with Crippen LogP contribution in [0.25, 0.3) is 6.08 Å². The Labute approximate surface area is 200 Å². The van der Waals surface area contributed by atoms with Gasteiger partial charge in [0.2, 0.25) is 0 Å². The standard InChI is InChI=1S/C26H21BrN2O4/c1-16-3-9-23(17(2)11-16)29-25(30)21(14-28)12-19-6-10-24(22(27)13-19)33-15-18-4-7-20(8-5-18)26(31)32/h3-13H,15H2,1-2H3,(H,29,30)(H,31,32)/b21-12+. The number of carboxylic acids is 1. The maximum Gasteiger partial charge on any atom is 0.335 e. The molecular formula is C26H21BrN2O4. The van der Waals surface area contributed by atoms with Crippen LogP contribution in [0.2, 0.25) is 0 Å². The van der Waals surface area contributed by atoms with Crippen LogP contribution in [0.4, 0.5) is 5.69 Å². The van der Waals surface area contributed by atoms with Crippen molar-refractivity contribution in [1.82, 2.24) is 0 Å². The topological polar surface area (TPSA) is 99.4 Å². The number of nitriles is 1. The van der Waals surface area contributed by atoms with Gasteiger partial charge in [-0.1, -0.05) is 35.9 Å². The highest BCUT2D eigenvalue weighted by Crippen LogP contribution is 2.28. The smallest absolute Gasteiger partial charge is 0.335 e. The largest absolute Gasteiger partial charge is 0.488 e. The number of nitrogens with one attached hydrogen (secondary N) is 1. The van der Waals surface area contributed by atoms with Crippen LogP contribution in [0, 0.1) is 25.2 Å². The SMILES string of the molecule is Cc1ccc(NC(=O)/C(C#N)=C/c2ccc(OCc3ccc(C(=O)O)cc3)c(Br)c2)c(C)c1. The molecule has 0 aliphatic rings. The van der Waals surface area contributed by atoms with E-state index in [2.05, 4.69) is 21.2 Å². The summed E-state index contributed by atoms with van der Waals surface area (Å²) in [7, 11) is 0. The summed E-state index contributed by atoms with van der Waals surface area (Å²) in [5, 5.41) is 21.2. The van der Waals surface area contributed by atoms with Gasteiger partial charge >= 0.3 is 5.97 Å². The summed E-state index contributed by atoms with van der Waals surface area (Å²) in [6.45, 7) is 4.13. The fourth-order valence-corrected chi connectivity index (χ4v) is 3.60. The zero-order valence-electron chi connectivity index (χ0n) is 18.1. The van der Waals surface area contributed by atoms with E-state index < -0.39 is 11.9 Å². The molecule has 0 radical (unpaired) electrons. The Morgan fingerprint density at radius 2 is 1.82 bits per heavy atom. The van der Waals surface area contributed by atoms with E-state index in [0.717, 1.165) is 16.7 Å². The first-order valence-corrected chi connectivity index (χ1v) is 10.8. The number of halogens is 1. The summed E-state index contributed by atoms with van der Waals surface area (Å²) in [6, 6.07) is 19.3. The first-order chi connectivity index (χ1) is 15.8. The lowest BCUT2D eigenvalue weighted by molar-refractivity contribution is -0.112. The van der Waals surface area contributed by atoms with Crippen LogP contribution in [0.5, 0.6) is 5.75 Å². The van der Waals surface area contributed by atoms with Crippen molar-refractivity contribution in [2.24, 2.45) is 0 Å². The Kier molecular flexibility index (Phi) is 7.65. The van der Waals surface area contributed by atoms with Gasteiger partial charge in [-0.2, -0.15) is 5.26 Å². The van der Waals surface area contributed by atoms with Crippen molar-refractivity contribution < 1.29 is 19.4 Å². The molecule has 0 aliphatic heterocycles. The lowest BCUT2D eigenvalue weighted by Crippen LogP contribution is -2.14. The zero-order valence-corrected chi connectivity index (χ0v) is 19.6. The Balaban J connectivity index is 1.69.